The van der Waals surface area contributed by atoms with E-state index in [1.807, 2.05) is 24.3 Å². The molecule has 0 bridgehead atoms. The Morgan fingerprint density at radius 2 is 1.93 bits per heavy atom. The lowest BCUT2D eigenvalue weighted by Crippen LogP contribution is -2.39. The summed E-state index contributed by atoms with van der Waals surface area (Å²) in [6, 6.07) is 13.7. The number of para-hydroxylation sites is 1. The van der Waals surface area contributed by atoms with Crippen molar-refractivity contribution < 1.29 is 13.2 Å². The maximum absolute atomic E-state index is 12.8. The highest BCUT2D eigenvalue weighted by Crippen LogP contribution is 2.24. The van der Waals surface area contributed by atoms with Crippen LogP contribution in [0.1, 0.15) is 30.3 Å². The fourth-order valence-electron chi connectivity index (χ4n) is 3.55. The number of carbonyl (C=O) groups excluding carboxylic acids is 1. The number of amides is 1. The molecular formula is C20H22N4O3S. The minimum atomic E-state index is -3.51. The van der Waals surface area contributed by atoms with Crippen molar-refractivity contribution in [2.24, 2.45) is 5.92 Å². The molecule has 1 aromatic heterocycles. The Morgan fingerprint density at radius 1 is 1.18 bits per heavy atom. The van der Waals surface area contributed by atoms with Crippen LogP contribution in [0.15, 0.2) is 53.4 Å². The standard InChI is InChI=1S/C20H22N4O3S/c1-14-5-4-12-24(13-14)28(26,27)16-10-8-15(9-11-16)21-20(25)19-17-6-2-3-7-18(17)22-23-19/h2-3,6-11,14H,4-5,12-13H2,1H3,(H,21,25)(H,22,23)/t14-/m1/s1. The van der Waals surface area contributed by atoms with E-state index in [2.05, 4.69) is 22.4 Å². The van der Waals surface area contributed by atoms with Gasteiger partial charge >= 0.3 is 0 Å². The van der Waals surface area contributed by atoms with E-state index in [4.69, 9.17) is 0 Å². The molecule has 0 aliphatic carbocycles. The number of aromatic nitrogens is 2. The van der Waals surface area contributed by atoms with E-state index >= 15 is 0 Å². The topological polar surface area (TPSA) is 95.2 Å². The van der Waals surface area contributed by atoms with Crippen molar-refractivity contribution in [2.75, 3.05) is 18.4 Å². The van der Waals surface area contributed by atoms with Crippen LogP contribution in [0, 0.1) is 5.92 Å². The molecule has 1 atom stereocenters. The zero-order valence-corrected chi connectivity index (χ0v) is 16.4. The van der Waals surface area contributed by atoms with Gasteiger partial charge in [0, 0.05) is 24.2 Å². The summed E-state index contributed by atoms with van der Waals surface area (Å²) < 4.78 is 27.2. The molecule has 1 fully saturated rings. The van der Waals surface area contributed by atoms with Crippen LogP contribution < -0.4 is 5.32 Å². The Bertz CT molecular complexity index is 1110. The first kappa shape index (κ1) is 18.6. The van der Waals surface area contributed by atoms with E-state index in [1.165, 1.54) is 12.1 Å². The summed E-state index contributed by atoms with van der Waals surface area (Å²) in [7, 11) is -3.51. The summed E-state index contributed by atoms with van der Waals surface area (Å²) in [5.74, 6) is 0.0173. The summed E-state index contributed by atoms with van der Waals surface area (Å²) in [5.41, 5.74) is 1.60. The Hall–Kier alpha value is -2.71. The number of nitrogens with zero attached hydrogens (tertiary/aromatic N) is 2. The number of hydrogen-bond acceptors (Lipinski definition) is 4. The van der Waals surface area contributed by atoms with Gasteiger partial charge in [-0.2, -0.15) is 9.40 Å². The van der Waals surface area contributed by atoms with Gasteiger partial charge in [0.05, 0.1) is 10.4 Å². The highest BCUT2D eigenvalue weighted by Gasteiger charge is 2.28. The molecule has 1 aliphatic rings. The summed E-state index contributed by atoms with van der Waals surface area (Å²) in [4.78, 5) is 12.8. The molecule has 146 valence electrons. The first-order valence-corrected chi connectivity index (χ1v) is 10.7. The zero-order valence-electron chi connectivity index (χ0n) is 15.6. The molecule has 0 radical (unpaired) electrons. The van der Waals surface area contributed by atoms with Crippen molar-refractivity contribution in [3.05, 3.63) is 54.2 Å². The smallest absolute Gasteiger partial charge is 0.276 e. The Labute approximate surface area is 163 Å². The second-order valence-corrected chi connectivity index (χ2v) is 9.14. The minimum Gasteiger partial charge on any atom is -0.321 e. The predicted octanol–water partition coefficient (Wildman–Crippen LogP) is 3.24. The number of piperidine rings is 1. The van der Waals surface area contributed by atoms with E-state index in [0.29, 0.717) is 30.4 Å². The SMILES string of the molecule is C[C@@H]1CCCN(S(=O)(=O)c2ccc(NC(=O)c3n[nH]c4ccccc34)cc2)C1. The van der Waals surface area contributed by atoms with Crippen LogP contribution in [0.4, 0.5) is 5.69 Å². The Balaban J connectivity index is 1.51. The van der Waals surface area contributed by atoms with E-state index < -0.39 is 10.0 Å². The van der Waals surface area contributed by atoms with Gasteiger partial charge in [0.25, 0.3) is 5.91 Å². The Morgan fingerprint density at radius 3 is 2.68 bits per heavy atom. The normalized spacial score (nSPS) is 18.2. The van der Waals surface area contributed by atoms with Crippen molar-refractivity contribution in [3.63, 3.8) is 0 Å². The fourth-order valence-corrected chi connectivity index (χ4v) is 5.15. The number of carbonyl (C=O) groups is 1. The number of rotatable bonds is 4. The zero-order chi connectivity index (χ0) is 19.7. The Kier molecular flexibility index (Phi) is 4.91. The number of fused-ring (bicyclic) bond motifs is 1. The van der Waals surface area contributed by atoms with Gasteiger partial charge in [-0.25, -0.2) is 8.42 Å². The molecule has 4 rings (SSSR count). The third kappa shape index (κ3) is 3.53. The molecule has 2 aromatic carbocycles. The largest absolute Gasteiger partial charge is 0.321 e. The van der Waals surface area contributed by atoms with Gasteiger partial charge in [0.1, 0.15) is 0 Å². The van der Waals surface area contributed by atoms with Crippen molar-refractivity contribution in [3.8, 4) is 0 Å². The second kappa shape index (κ2) is 7.37. The van der Waals surface area contributed by atoms with E-state index in [9.17, 15) is 13.2 Å². The van der Waals surface area contributed by atoms with E-state index in [-0.39, 0.29) is 10.8 Å². The molecule has 1 aliphatic heterocycles. The van der Waals surface area contributed by atoms with Crippen LogP contribution in [0.3, 0.4) is 0 Å². The van der Waals surface area contributed by atoms with Crippen LogP contribution in [0.5, 0.6) is 0 Å². The number of benzene rings is 2. The molecule has 3 aromatic rings. The summed E-state index contributed by atoms with van der Waals surface area (Å²) in [6.45, 7) is 3.17. The maximum atomic E-state index is 12.8. The molecule has 2 N–H and O–H groups in total. The van der Waals surface area contributed by atoms with Crippen LogP contribution >= 0.6 is 0 Å². The minimum absolute atomic E-state index is 0.241. The van der Waals surface area contributed by atoms with Crippen LogP contribution in [0.2, 0.25) is 0 Å². The third-order valence-corrected chi connectivity index (χ3v) is 6.93. The summed E-state index contributed by atoms with van der Waals surface area (Å²) >= 11 is 0. The van der Waals surface area contributed by atoms with Crippen molar-refractivity contribution in [1.82, 2.24) is 14.5 Å². The van der Waals surface area contributed by atoms with Crippen LogP contribution in [0.25, 0.3) is 10.9 Å². The number of sulfonamides is 1. The highest BCUT2D eigenvalue weighted by molar-refractivity contribution is 7.89. The van der Waals surface area contributed by atoms with Crippen molar-refractivity contribution in [1.29, 1.82) is 0 Å². The fraction of sp³-hybridized carbons (Fsp3) is 0.300. The molecule has 1 saturated heterocycles. The van der Waals surface area contributed by atoms with Gasteiger partial charge in [-0.1, -0.05) is 25.1 Å². The second-order valence-electron chi connectivity index (χ2n) is 7.21. The summed E-state index contributed by atoms with van der Waals surface area (Å²) in [6.07, 6.45) is 1.94. The molecular weight excluding hydrogens is 376 g/mol. The predicted molar refractivity (Wildman–Crippen MR) is 108 cm³/mol. The molecule has 7 nitrogen and oxygen atoms in total. The van der Waals surface area contributed by atoms with Crippen LogP contribution in [-0.2, 0) is 10.0 Å². The molecule has 0 saturated carbocycles. The third-order valence-electron chi connectivity index (χ3n) is 5.06. The van der Waals surface area contributed by atoms with Gasteiger partial charge < -0.3 is 5.32 Å². The lowest BCUT2D eigenvalue weighted by molar-refractivity contribution is 0.102. The van der Waals surface area contributed by atoms with E-state index in [0.717, 1.165) is 23.7 Å². The van der Waals surface area contributed by atoms with Gasteiger partial charge in [0.2, 0.25) is 10.0 Å². The molecule has 8 heteroatoms. The molecule has 28 heavy (non-hydrogen) atoms. The van der Waals surface area contributed by atoms with Crippen molar-refractivity contribution in [2.45, 2.75) is 24.7 Å². The monoisotopic (exact) mass is 398 g/mol. The molecule has 0 unspecified atom stereocenters. The molecule has 2 heterocycles. The highest BCUT2D eigenvalue weighted by atomic mass is 32.2. The number of H-pyrrole nitrogens is 1. The molecule has 0 spiro atoms. The van der Waals surface area contributed by atoms with Crippen molar-refractivity contribution >= 4 is 32.5 Å². The average Bonchev–Trinajstić information content (AvgIpc) is 3.13. The lowest BCUT2D eigenvalue weighted by Gasteiger charge is -2.30. The number of anilines is 1. The molecule has 1 amide bonds. The maximum Gasteiger partial charge on any atom is 0.276 e. The number of nitrogens with one attached hydrogen (secondary N) is 2. The first-order valence-electron chi connectivity index (χ1n) is 9.30. The number of aromatic amines is 1. The number of hydrogen-bond donors (Lipinski definition) is 2. The first-order chi connectivity index (χ1) is 13.4. The van der Waals surface area contributed by atoms with E-state index in [1.54, 1.807) is 16.4 Å². The van der Waals surface area contributed by atoms with Crippen LogP contribution in [-0.4, -0.2) is 41.9 Å². The van der Waals surface area contributed by atoms with Gasteiger partial charge in [0.15, 0.2) is 5.69 Å². The van der Waals surface area contributed by atoms with Gasteiger partial charge in [-0.3, -0.25) is 9.89 Å². The van der Waals surface area contributed by atoms with Gasteiger partial charge in [-0.05, 0) is 49.1 Å². The lowest BCUT2D eigenvalue weighted by atomic mass is 10.0. The summed E-state index contributed by atoms with van der Waals surface area (Å²) in [5, 5.41) is 10.4. The average molecular weight is 398 g/mol. The van der Waals surface area contributed by atoms with Gasteiger partial charge in [-0.15, -0.1) is 0 Å². The quantitative estimate of drug-likeness (QED) is 0.705.